The number of hydrogen-bond acceptors (Lipinski definition) is 2. The Morgan fingerprint density at radius 2 is 2.22 bits per heavy atom. The lowest BCUT2D eigenvalue weighted by molar-refractivity contribution is 0.244. The summed E-state index contributed by atoms with van der Waals surface area (Å²) in [6.07, 6.45) is 2.44. The minimum absolute atomic E-state index is 0.0131. The zero-order chi connectivity index (χ0) is 12.5. The average Bonchev–Trinajstić information content (AvgIpc) is 2.95. The number of para-hydroxylation sites is 2. The molecule has 1 aliphatic rings. The van der Waals surface area contributed by atoms with Crippen LogP contribution in [0.25, 0.3) is 11.0 Å². The van der Waals surface area contributed by atoms with Crippen molar-refractivity contribution in [3.05, 3.63) is 34.7 Å². The Balaban J connectivity index is 1.95. The van der Waals surface area contributed by atoms with Crippen LogP contribution in [0.2, 0.25) is 0 Å². The molecule has 1 fully saturated rings. The molecule has 1 aliphatic heterocycles. The molecule has 0 spiro atoms. The first-order chi connectivity index (χ1) is 8.79. The van der Waals surface area contributed by atoms with Crippen LogP contribution < -0.4 is 5.69 Å². The lowest BCUT2D eigenvalue weighted by atomic mass is 10.2. The molecule has 4 nitrogen and oxygen atoms in total. The number of fused-ring (bicyclic) bond motifs is 1. The van der Waals surface area contributed by atoms with Gasteiger partial charge in [-0.2, -0.15) is 0 Å². The molecule has 0 aliphatic carbocycles. The van der Waals surface area contributed by atoms with E-state index in [1.165, 1.54) is 12.8 Å². The number of aromatic nitrogens is 2. The molecule has 96 valence electrons. The van der Waals surface area contributed by atoms with Gasteiger partial charge in [-0.3, -0.25) is 9.47 Å². The summed E-state index contributed by atoms with van der Waals surface area (Å²) < 4.78 is 1.88. The van der Waals surface area contributed by atoms with Crippen molar-refractivity contribution in [2.45, 2.75) is 32.4 Å². The number of nitrogens with zero attached hydrogens (tertiary/aromatic N) is 2. The molecular weight excluding hydrogens is 226 g/mol. The molecule has 1 saturated heterocycles. The van der Waals surface area contributed by atoms with E-state index in [4.69, 9.17) is 0 Å². The number of likely N-dealkylation sites (N-methyl/N-ethyl adjacent to an activating group) is 1. The molecule has 18 heavy (non-hydrogen) atoms. The summed E-state index contributed by atoms with van der Waals surface area (Å²) in [5.41, 5.74) is 1.97. The Morgan fingerprint density at radius 1 is 1.39 bits per heavy atom. The van der Waals surface area contributed by atoms with E-state index < -0.39 is 0 Å². The fraction of sp³-hybridized carbons (Fsp3) is 0.500. The van der Waals surface area contributed by atoms with E-state index in [0.29, 0.717) is 6.04 Å². The molecule has 0 saturated carbocycles. The van der Waals surface area contributed by atoms with Crippen LogP contribution in [0.1, 0.15) is 19.8 Å². The van der Waals surface area contributed by atoms with Crippen LogP contribution in [-0.2, 0) is 6.54 Å². The molecule has 4 heteroatoms. The van der Waals surface area contributed by atoms with Crippen molar-refractivity contribution in [3.63, 3.8) is 0 Å². The van der Waals surface area contributed by atoms with E-state index in [-0.39, 0.29) is 5.69 Å². The average molecular weight is 245 g/mol. The van der Waals surface area contributed by atoms with E-state index in [1.807, 2.05) is 28.8 Å². The highest BCUT2D eigenvalue weighted by atomic mass is 16.1. The highest BCUT2D eigenvalue weighted by Gasteiger charge is 2.24. The van der Waals surface area contributed by atoms with E-state index in [1.54, 1.807) is 0 Å². The maximum absolute atomic E-state index is 12.0. The zero-order valence-electron chi connectivity index (χ0n) is 10.7. The van der Waals surface area contributed by atoms with Crippen molar-refractivity contribution in [1.29, 1.82) is 0 Å². The highest BCUT2D eigenvalue weighted by Crippen LogP contribution is 2.19. The van der Waals surface area contributed by atoms with Gasteiger partial charge in [-0.1, -0.05) is 19.1 Å². The number of imidazole rings is 1. The van der Waals surface area contributed by atoms with Gasteiger partial charge in [0, 0.05) is 12.6 Å². The van der Waals surface area contributed by atoms with Crippen LogP contribution in [0, 0.1) is 0 Å². The first-order valence-corrected chi connectivity index (χ1v) is 6.71. The van der Waals surface area contributed by atoms with Crippen molar-refractivity contribution in [2.75, 3.05) is 13.1 Å². The molecule has 0 unspecified atom stereocenters. The number of H-pyrrole nitrogens is 1. The van der Waals surface area contributed by atoms with Crippen molar-refractivity contribution in [2.24, 2.45) is 0 Å². The minimum Gasteiger partial charge on any atom is -0.306 e. The topological polar surface area (TPSA) is 41.0 Å². The third-order valence-corrected chi connectivity index (χ3v) is 3.98. The Bertz CT molecular complexity index is 598. The second-order valence-corrected chi connectivity index (χ2v) is 4.98. The SMILES string of the molecule is CCN1CCC[C@@H]1Cn1c(=O)[nH]c2ccccc21. The maximum atomic E-state index is 12.0. The molecule has 0 radical (unpaired) electrons. The summed E-state index contributed by atoms with van der Waals surface area (Å²) in [4.78, 5) is 17.4. The van der Waals surface area contributed by atoms with Gasteiger partial charge in [-0.15, -0.1) is 0 Å². The number of aromatic amines is 1. The summed E-state index contributed by atoms with van der Waals surface area (Å²) in [7, 11) is 0. The standard InChI is InChI=1S/C14H19N3O/c1-2-16-9-5-6-11(16)10-17-13-8-4-3-7-12(13)15-14(17)18/h3-4,7-8,11H,2,5-6,9-10H2,1H3,(H,15,18)/t11-/m1/s1. The van der Waals surface area contributed by atoms with Crippen molar-refractivity contribution < 1.29 is 0 Å². The van der Waals surface area contributed by atoms with Gasteiger partial charge >= 0.3 is 5.69 Å². The fourth-order valence-corrected chi connectivity index (χ4v) is 3.02. The quantitative estimate of drug-likeness (QED) is 0.896. The predicted molar refractivity (Wildman–Crippen MR) is 72.8 cm³/mol. The fourth-order valence-electron chi connectivity index (χ4n) is 3.02. The van der Waals surface area contributed by atoms with Gasteiger partial charge in [0.2, 0.25) is 0 Å². The van der Waals surface area contributed by atoms with Gasteiger partial charge in [0.1, 0.15) is 0 Å². The van der Waals surface area contributed by atoms with Crippen LogP contribution in [0.15, 0.2) is 29.1 Å². The second-order valence-electron chi connectivity index (χ2n) is 4.98. The summed E-state index contributed by atoms with van der Waals surface area (Å²) in [5, 5.41) is 0. The molecule has 1 aromatic carbocycles. The molecule has 0 bridgehead atoms. The molecule has 2 heterocycles. The molecule has 1 atom stereocenters. The summed E-state index contributed by atoms with van der Waals surface area (Å²) in [6, 6.07) is 8.42. The first-order valence-electron chi connectivity index (χ1n) is 6.71. The summed E-state index contributed by atoms with van der Waals surface area (Å²) >= 11 is 0. The number of benzene rings is 1. The van der Waals surface area contributed by atoms with Crippen LogP contribution in [0.3, 0.4) is 0 Å². The van der Waals surface area contributed by atoms with E-state index in [0.717, 1.165) is 30.7 Å². The monoisotopic (exact) mass is 245 g/mol. The first kappa shape index (κ1) is 11.5. The van der Waals surface area contributed by atoms with Gasteiger partial charge in [-0.25, -0.2) is 4.79 Å². The lowest BCUT2D eigenvalue weighted by Crippen LogP contribution is -2.35. The Morgan fingerprint density at radius 3 is 3.06 bits per heavy atom. The van der Waals surface area contributed by atoms with Gasteiger partial charge in [0.15, 0.2) is 0 Å². The Kier molecular flexibility index (Phi) is 2.96. The second kappa shape index (κ2) is 4.61. The van der Waals surface area contributed by atoms with Gasteiger partial charge in [0.25, 0.3) is 0 Å². The van der Waals surface area contributed by atoms with Crippen molar-refractivity contribution in [1.82, 2.24) is 14.5 Å². The highest BCUT2D eigenvalue weighted by molar-refractivity contribution is 5.74. The molecular formula is C14H19N3O. The largest absolute Gasteiger partial charge is 0.326 e. The predicted octanol–water partition coefficient (Wildman–Crippen LogP) is 1.81. The molecule has 2 aromatic rings. The van der Waals surface area contributed by atoms with Gasteiger partial charge in [-0.05, 0) is 38.1 Å². The normalized spacial score (nSPS) is 20.8. The Hall–Kier alpha value is -1.55. The molecule has 0 amide bonds. The van der Waals surface area contributed by atoms with Crippen LogP contribution >= 0.6 is 0 Å². The van der Waals surface area contributed by atoms with Gasteiger partial charge in [0.05, 0.1) is 11.0 Å². The number of rotatable bonds is 3. The lowest BCUT2D eigenvalue weighted by Gasteiger charge is -2.22. The molecule has 1 N–H and O–H groups in total. The van der Waals surface area contributed by atoms with Crippen LogP contribution in [0.5, 0.6) is 0 Å². The van der Waals surface area contributed by atoms with Crippen LogP contribution in [0.4, 0.5) is 0 Å². The van der Waals surface area contributed by atoms with E-state index >= 15 is 0 Å². The third kappa shape index (κ3) is 1.86. The van der Waals surface area contributed by atoms with E-state index in [9.17, 15) is 4.79 Å². The van der Waals surface area contributed by atoms with Crippen molar-refractivity contribution >= 4 is 11.0 Å². The number of hydrogen-bond donors (Lipinski definition) is 1. The third-order valence-electron chi connectivity index (χ3n) is 3.98. The Labute approximate surface area is 106 Å². The number of likely N-dealkylation sites (tertiary alicyclic amines) is 1. The molecule has 3 rings (SSSR count). The zero-order valence-corrected chi connectivity index (χ0v) is 10.7. The van der Waals surface area contributed by atoms with Crippen LogP contribution in [-0.4, -0.2) is 33.6 Å². The molecule has 1 aromatic heterocycles. The smallest absolute Gasteiger partial charge is 0.306 e. The summed E-state index contributed by atoms with van der Waals surface area (Å²) in [6.45, 7) is 5.23. The van der Waals surface area contributed by atoms with E-state index in [2.05, 4.69) is 16.8 Å². The van der Waals surface area contributed by atoms with Gasteiger partial charge < -0.3 is 4.98 Å². The minimum atomic E-state index is 0.0131. The summed E-state index contributed by atoms with van der Waals surface area (Å²) in [5.74, 6) is 0. The van der Waals surface area contributed by atoms with Crippen molar-refractivity contribution in [3.8, 4) is 0 Å². The maximum Gasteiger partial charge on any atom is 0.326 e. The number of nitrogens with one attached hydrogen (secondary N) is 1.